The summed E-state index contributed by atoms with van der Waals surface area (Å²) >= 11 is 0. The van der Waals surface area contributed by atoms with Crippen LogP contribution in [0.25, 0.3) is 11.1 Å². The van der Waals surface area contributed by atoms with Crippen LogP contribution in [0.5, 0.6) is 0 Å². The molecule has 1 aliphatic carbocycles. The number of alkyl carbamates (subject to hydrolysis) is 1. The number of esters is 7. The van der Waals surface area contributed by atoms with Gasteiger partial charge in [-0.3, -0.25) is 33.6 Å². The lowest BCUT2D eigenvalue weighted by atomic mass is 9.96. The molecule has 2 fully saturated rings. The predicted molar refractivity (Wildman–Crippen MR) is 219 cm³/mol. The van der Waals surface area contributed by atoms with Crippen LogP contribution in [-0.4, -0.2) is 153 Å². The molecule has 364 valence electrons. The Bertz CT molecular complexity index is 2130. The molecule has 2 aliphatic heterocycles. The molecule has 0 spiro atoms. The van der Waals surface area contributed by atoms with Gasteiger partial charge < -0.3 is 67.3 Å². The molecule has 2 aromatic carbocycles. The number of carbonyl (C=O) groups excluding carboxylic acids is 8. The van der Waals surface area contributed by atoms with Crippen LogP contribution in [-0.2, 0) is 95.2 Å². The fraction of sp³-hybridized carbons (Fsp3) is 0.523. The van der Waals surface area contributed by atoms with E-state index in [1.165, 1.54) is 0 Å². The smallest absolute Gasteiger partial charge is 0.407 e. The van der Waals surface area contributed by atoms with E-state index in [4.69, 9.17) is 56.8 Å². The Kier molecular flexibility index (Phi) is 17.7. The van der Waals surface area contributed by atoms with Crippen LogP contribution in [0.3, 0.4) is 0 Å². The number of carboxylic acids is 1. The summed E-state index contributed by atoms with van der Waals surface area (Å²) < 4.78 is 67.7. The molecule has 0 bridgehead atoms. The number of carbonyl (C=O) groups is 9. The molecule has 2 aromatic rings. The number of aliphatic carboxylic acids is 1. The molecule has 0 unspecified atom stereocenters. The summed E-state index contributed by atoms with van der Waals surface area (Å²) in [5.41, 5.74) is 3.73. The first-order valence-electron chi connectivity index (χ1n) is 20.8. The van der Waals surface area contributed by atoms with Crippen molar-refractivity contribution in [3.8, 4) is 11.1 Å². The van der Waals surface area contributed by atoms with Gasteiger partial charge in [-0.25, -0.2) is 9.59 Å². The summed E-state index contributed by atoms with van der Waals surface area (Å²) in [4.78, 5) is 112. The maximum atomic E-state index is 13.2. The molecule has 23 heteroatoms. The SMILES string of the molecule is CC(=O)OC[C@@H]1O[C@@H](O[C@H]2[C@@H](OC(C)=O)[C@@H](OC(C)=O)[C@H](OC[C@H](NC(=O)OCC3c4ccccc4-c4ccccc43)C(=O)O)O[C@H]2COC(C)=O)[C@H](OC(C)=O)[C@@H](OC(C)=O)[C@H]1OC(C)=O. The molecular formula is C44H51NO22. The van der Waals surface area contributed by atoms with Crippen LogP contribution in [0.15, 0.2) is 48.5 Å². The van der Waals surface area contributed by atoms with Crippen molar-refractivity contribution in [2.45, 2.75) is 122 Å². The molecule has 23 nitrogen and oxygen atoms in total. The second-order valence-corrected chi connectivity index (χ2v) is 15.4. The predicted octanol–water partition coefficient (Wildman–Crippen LogP) is 1.61. The van der Waals surface area contributed by atoms with E-state index < -0.39 is 141 Å². The van der Waals surface area contributed by atoms with Crippen molar-refractivity contribution < 1.29 is 105 Å². The van der Waals surface area contributed by atoms with E-state index >= 15 is 0 Å². The van der Waals surface area contributed by atoms with Crippen molar-refractivity contribution in [1.29, 1.82) is 0 Å². The third-order valence-electron chi connectivity index (χ3n) is 10.2. The van der Waals surface area contributed by atoms with Crippen LogP contribution < -0.4 is 5.32 Å². The molecule has 2 saturated heterocycles. The largest absolute Gasteiger partial charge is 0.480 e. The first-order valence-corrected chi connectivity index (χ1v) is 20.8. The van der Waals surface area contributed by atoms with Crippen LogP contribution in [0, 0.1) is 0 Å². The normalized spacial score (nSPS) is 25.7. The molecule has 3 aliphatic rings. The van der Waals surface area contributed by atoms with Gasteiger partial charge in [-0.05, 0) is 22.3 Å². The van der Waals surface area contributed by atoms with Gasteiger partial charge in [-0.2, -0.15) is 0 Å². The Labute approximate surface area is 382 Å². The third-order valence-corrected chi connectivity index (χ3v) is 10.2. The molecule has 0 aromatic heterocycles. The summed E-state index contributed by atoms with van der Waals surface area (Å²) in [6, 6.07) is 13.3. The van der Waals surface area contributed by atoms with Crippen LogP contribution >= 0.6 is 0 Å². The summed E-state index contributed by atoms with van der Waals surface area (Å²) in [5, 5.41) is 12.4. The highest BCUT2D eigenvalue weighted by Crippen LogP contribution is 2.44. The van der Waals surface area contributed by atoms with Crippen molar-refractivity contribution >= 4 is 53.8 Å². The minimum atomic E-state index is -1.93. The van der Waals surface area contributed by atoms with Gasteiger partial charge in [0.2, 0.25) is 0 Å². The van der Waals surface area contributed by atoms with Crippen molar-refractivity contribution in [3.63, 3.8) is 0 Å². The first kappa shape index (κ1) is 51.3. The number of rotatable bonds is 18. The minimum absolute atomic E-state index is 0.157. The monoisotopic (exact) mass is 945 g/mol. The van der Waals surface area contributed by atoms with E-state index in [1.54, 1.807) is 0 Å². The zero-order valence-electron chi connectivity index (χ0n) is 37.4. The van der Waals surface area contributed by atoms with E-state index in [1.807, 2.05) is 48.5 Å². The van der Waals surface area contributed by atoms with Crippen molar-refractivity contribution in [3.05, 3.63) is 59.7 Å². The highest BCUT2D eigenvalue weighted by molar-refractivity contribution is 5.81. The van der Waals surface area contributed by atoms with E-state index in [9.17, 15) is 48.3 Å². The van der Waals surface area contributed by atoms with Crippen LogP contribution in [0.1, 0.15) is 65.5 Å². The number of benzene rings is 2. The number of nitrogens with one attached hydrogen (secondary N) is 1. The van der Waals surface area contributed by atoms with E-state index in [0.29, 0.717) is 0 Å². The van der Waals surface area contributed by atoms with Gasteiger partial charge in [0.25, 0.3) is 0 Å². The number of fused-ring (bicyclic) bond motifs is 3. The van der Waals surface area contributed by atoms with Crippen molar-refractivity contribution in [2.75, 3.05) is 26.4 Å². The van der Waals surface area contributed by atoms with Gasteiger partial charge in [-0.1, -0.05) is 48.5 Å². The van der Waals surface area contributed by atoms with Crippen molar-refractivity contribution in [1.82, 2.24) is 5.32 Å². The molecule has 5 rings (SSSR count). The minimum Gasteiger partial charge on any atom is -0.480 e. The highest BCUT2D eigenvalue weighted by atomic mass is 16.8. The molecule has 2 N–H and O–H groups in total. The second kappa shape index (κ2) is 23.2. The number of carboxylic acid groups (broad SMARTS) is 1. The number of ether oxygens (including phenoxy) is 12. The molecule has 11 atom stereocenters. The Balaban J connectivity index is 1.43. The molecular weight excluding hydrogens is 894 g/mol. The third kappa shape index (κ3) is 13.7. The summed E-state index contributed by atoms with van der Waals surface area (Å²) in [6.45, 7) is 4.63. The standard InChI is InChI=1S/C44H51NO22/c1-20(46)56-18-33-35(60-22(3)48)37(61-23(4)49)40(64-26(7)52)43(66-33)67-36-34(19-57-21(2)47)65-42(39(63-25(6)51)38(36)62-24(5)50)58-17-32(41(53)54)45-44(55)59-16-31-29-14-10-8-12-27(29)28-13-9-11-15-30(28)31/h8-15,31-40,42-43H,16-19H2,1-7H3,(H,45,55)(H,53,54)/t32-,33-,34-,35-,36+,37-,38+,39+,40+,42+,43-/m0/s1. The Morgan fingerprint density at radius 3 is 1.42 bits per heavy atom. The topological polar surface area (TPSA) is 297 Å². The average Bonchev–Trinajstić information content (AvgIpc) is 3.56. The van der Waals surface area contributed by atoms with Gasteiger partial charge >= 0.3 is 53.8 Å². The molecule has 2 heterocycles. The Morgan fingerprint density at radius 2 is 0.940 bits per heavy atom. The molecule has 67 heavy (non-hydrogen) atoms. The van der Waals surface area contributed by atoms with Gasteiger partial charge in [0.1, 0.15) is 38.1 Å². The number of hydrogen-bond acceptors (Lipinski definition) is 21. The Morgan fingerprint density at radius 1 is 0.522 bits per heavy atom. The fourth-order valence-corrected chi connectivity index (χ4v) is 7.75. The molecule has 0 radical (unpaired) electrons. The van der Waals surface area contributed by atoms with E-state index in [0.717, 1.165) is 70.7 Å². The highest BCUT2D eigenvalue weighted by Gasteiger charge is 2.58. The van der Waals surface area contributed by atoms with Crippen LogP contribution in [0.4, 0.5) is 4.79 Å². The summed E-state index contributed by atoms with van der Waals surface area (Å²) in [7, 11) is 0. The first-order chi connectivity index (χ1) is 31.7. The maximum Gasteiger partial charge on any atom is 0.407 e. The Hall–Kier alpha value is -6.69. The maximum absolute atomic E-state index is 13.2. The van der Waals surface area contributed by atoms with Gasteiger partial charge in [0.05, 0.1) is 6.61 Å². The molecule has 0 saturated carbocycles. The van der Waals surface area contributed by atoms with Crippen LogP contribution in [0.2, 0.25) is 0 Å². The van der Waals surface area contributed by atoms with Crippen molar-refractivity contribution in [2.24, 2.45) is 0 Å². The zero-order chi connectivity index (χ0) is 49.1. The summed E-state index contributed by atoms with van der Waals surface area (Å²) in [5.74, 6) is -8.47. The number of hydrogen-bond donors (Lipinski definition) is 2. The lowest BCUT2D eigenvalue weighted by Gasteiger charge is -2.48. The average molecular weight is 946 g/mol. The van der Waals surface area contributed by atoms with E-state index in [-0.39, 0.29) is 12.5 Å². The lowest BCUT2D eigenvalue weighted by Crippen LogP contribution is -2.67. The fourth-order valence-electron chi connectivity index (χ4n) is 7.75. The summed E-state index contributed by atoms with van der Waals surface area (Å²) in [6.07, 6.45) is -18.6. The van der Waals surface area contributed by atoms with Gasteiger partial charge in [-0.15, -0.1) is 0 Å². The molecule has 1 amide bonds. The van der Waals surface area contributed by atoms with E-state index in [2.05, 4.69) is 5.32 Å². The number of amides is 1. The zero-order valence-corrected chi connectivity index (χ0v) is 37.4. The lowest BCUT2D eigenvalue weighted by molar-refractivity contribution is -0.361. The second-order valence-electron chi connectivity index (χ2n) is 15.4. The van der Waals surface area contributed by atoms with Gasteiger partial charge in [0.15, 0.2) is 49.1 Å². The quantitative estimate of drug-likeness (QED) is 0.158. The van der Waals surface area contributed by atoms with Gasteiger partial charge in [0, 0.05) is 54.4 Å².